The molecule has 0 atom stereocenters. The molecule has 0 aromatic heterocycles. The van der Waals surface area contributed by atoms with Gasteiger partial charge in [0.05, 0.1) is 5.69 Å². The van der Waals surface area contributed by atoms with Gasteiger partial charge in [-0.15, -0.1) is 0 Å². The monoisotopic (exact) mass is 371 g/mol. The van der Waals surface area contributed by atoms with Crippen LogP contribution in [0, 0.1) is 0 Å². The van der Waals surface area contributed by atoms with E-state index in [9.17, 15) is 0 Å². The summed E-state index contributed by atoms with van der Waals surface area (Å²) in [7, 11) is 0. The van der Waals surface area contributed by atoms with Crippen LogP contribution in [0.1, 0.15) is 11.1 Å². The fraction of sp³-hybridized carbons (Fsp3) is 0.0417. The molecule has 0 fully saturated rings. The Hall–Kier alpha value is -3.10. The van der Waals surface area contributed by atoms with Crippen LogP contribution in [0.5, 0.6) is 5.75 Å². The van der Waals surface area contributed by atoms with Gasteiger partial charge in [0, 0.05) is 22.4 Å². The van der Waals surface area contributed by atoms with Gasteiger partial charge in [0.1, 0.15) is 12.4 Å². The van der Waals surface area contributed by atoms with Crippen molar-refractivity contribution in [3.63, 3.8) is 0 Å². The Bertz CT molecular complexity index is 1090. The maximum Gasteiger partial charge on any atom is 0.129 e. The number of para-hydroxylation sites is 1. The highest BCUT2D eigenvalue weighted by atomic mass is 35.5. The molecule has 0 spiro atoms. The van der Waals surface area contributed by atoms with Crippen LogP contribution < -0.4 is 4.74 Å². The Morgan fingerprint density at radius 3 is 2.37 bits per heavy atom. The average molecular weight is 372 g/mol. The Labute approximate surface area is 163 Å². The third-order valence-corrected chi connectivity index (χ3v) is 4.74. The summed E-state index contributed by atoms with van der Waals surface area (Å²) in [6.07, 6.45) is 1.87. The lowest BCUT2D eigenvalue weighted by Gasteiger charge is -2.12. The minimum atomic E-state index is 0.407. The van der Waals surface area contributed by atoms with Crippen LogP contribution in [0.15, 0.2) is 96.0 Å². The predicted octanol–water partition coefficient (Wildman–Crippen LogP) is 6.82. The number of rotatable bonds is 5. The number of aliphatic imine (C=N–C) groups is 1. The van der Waals surface area contributed by atoms with Gasteiger partial charge in [-0.05, 0) is 35.0 Å². The average Bonchev–Trinajstić information content (AvgIpc) is 2.72. The van der Waals surface area contributed by atoms with Crippen LogP contribution in [-0.4, -0.2) is 6.21 Å². The second-order valence-electron chi connectivity index (χ2n) is 6.17. The van der Waals surface area contributed by atoms with Crippen molar-refractivity contribution in [3.8, 4) is 5.75 Å². The van der Waals surface area contributed by atoms with Crippen molar-refractivity contribution in [2.75, 3.05) is 0 Å². The normalized spacial score (nSPS) is 11.1. The van der Waals surface area contributed by atoms with Crippen molar-refractivity contribution in [2.24, 2.45) is 4.99 Å². The molecule has 2 nitrogen and oxygen atoms in total. The summed E-state index contributed by atoms with van der Waals surface area (Å²) in [5, 5.41) is 2.96. The molecular weight excluding hydrogens is 354 g/mol. The molecule has 0 unspecified atom stereocenters. The van der Waals surface area contributed by atoms with Crippen molar-refractivity contribution in [1.29, 1.82) is 0 Å². The van der Waals surface area contributed by atoms with E-state index < -0.39 is 0 Å². The first kappa shape index (κ1) is 17.3. The van der Waals surface area contributed by atoms with Crippen molar-refractivity contribution in [2.45, 2.75) is 6.61 Å². The molecule has 0 aliphatic heterocycles. The lowest BCUT2D eigenvalue weighted by atomic mass is 10.0. The van der Waals surface area contributed by atoms with Crippen LogP contribution in [0.4, 0.5) is 5.69 Å². The third kappa shape index (κ3) is 4.02. The summed E-state index contributed by atoms with van der Waals surface area (Å²) in [5.41, 5.74) is 2.82. The van der Waals surface area contributed by atoms with Crippen molar-refractivity contribution >= 4 is 34.3 Å². The van der Waals surface area contributed by atoms with Gasteiger partial charge < -0.3 is 4.74 Å². The van der Waals surface area contributed by atoms with Gasteiger partial charge in [0.15, 0.2) is 0 Å². The largest absolute Gasteiger partial charge is 0.488 e. The summed E-state index contributed by atoms with van der Waals surface area (Å²) in [6.45, 7) is 0.407. The van der Waals surface area contributed by atoms with Gasteiger partial charge in [-0.1, -0.05) is 78.3 Å². The maximum absolute atomic E-state index is 6.26. The van der Waals surface area contributed by atoms with Crippen molar-refractivity contribution in [1.82, 2.24) is 0 Å². The first-order valence-corrected chi connectivity index (χ1v) is 9.16. The predicted molar refractivity (Wildman–Crippen MR) is 113 cm³/mol. The van der Waals surface area contributed by atoms with E-state index >= 15 is 0 Å². The summed E-state index contributed by atoms with van der Waals surface area (Å²) in [4.78, 5) is 4.63. The summed E-state index contributed by atoms with van der Waals surface area (Å²) >= 11 is 6.26. The first-order valence-electron chi connectivity index (χ1n) is 8.78. The quantitative estimate of drug-likeness (QED) is 0.352. The molecule has 0 saturated heterocycles. The number of nitrogens with zero attached hydrogens (tertiary/aromatic N) is 1. The maximum atomic E-state index is 6.26. The molecule has 4 rings (SSSR count). The van der Waals surface area contributed by atoms with E-state index in [1.807, 2.05) is 79.0 Å². The topological polar surface area (TPSA) is 21.6 Å². The van der Waals surface area contributed by atoms with Crippen LogP contribution in [0.2, 0.25) is 5.02 Å². The Kier molecular flexibility index (Phi) is 5.17. The minimum absolute atomic E-state index is 0.407. The molecule has 0 radical (unpaired) electrons. The smallest absolute Gasteiger partial charge is 0.129 e. The number of halogens is 1. The number of fused-ring (bicyclic) bond motifs is 1. The molecule has 0 bridgehead atoms. The molecule has 132 valence electrons. The van der Waals surface area contributed by atoms with Gasteiger partial charge in [0.2, 0.25) is 0 Å². The zero-order valence-electron chi connectivity index (χ0n) is 14.7. The zero-order chi connectivity index (χ0) is 18.5. The molecule has 4 aromatic rings. The van der Waals surface area contributed by atoms with E-state index in [1.165, 1.54) is 0 Å². The lowest BCUT2D eigenvalue weighted by Crippen LogP contribution is -1.99. The summed E-state index contributed by atoms with van der Waals surface area (Å²) in [6, 6.07) is 29.9. The SMILES string of the molecule is Clc1ccccc1COc1ccc2ccccc2c1C=Nc1ccccc1. The molecular formula is C24H18ClNO. The Morgan fingerprint density at radius 2 is 1.52 bits per heavy atom. The number of benzene rings is 4. The zero-order valence-corrected chi connectivity index (χ0v) is 15.4. The molecule has 27 heavy (non-hydrogen) atoms. The number of hydrogen-bond acceptors (Lipinski definition) is 2. The van der Waals surface area contributed by atoms with E-state index in [1.54, 1.807) is 0 Å². The standard InChI is InChI=1S/C24H18ClNO/c25-23-13-7-5-9-19(23)17-27-24-15-14-18-8-4-6-12-21(18)22(24)16-26-20-10-2-1-3-11-20/h1-16H,17H2. The highest BCUT2D eigenvalue weighted by molar-refractivity contribution is 6.31. The van der Waals surface area contributed by atoms with Gasteiger partial charge in [-0.2, -0.15) is 0 Å². The second kappa shape index (κ2) is 8.07. The van der Waals surface area contributed by atoms with E-state index in [-0.39, 0.29) is 0 Å². The van der Waals surface area contributed by atoms with Crippen LogP contribution in [-0.2, 0) is 6.61 Å². The summed E-state index contributed by atoms with van der Waals surface area (Å²) in [5.74, 6) is 0.785. The fourth-order valence-electron chi connectivity index (χ4n) is 2.96. The van der Waals surface area contributed by atoms with Gasteiger partial charge in [0.25, 0.3) is 0 Å². The first-order chi connectivity index (χ1) is 13.3. The van der Waals surface area contributed by atoms with E-state index in [0.717, 1.165) is 33.3 Å². The molecule has 0 heterocycles. The van der Waals surface area contributed by atoms with Crippen LogP contribution >= 0.6 is 11.6 Å². The number of ether oxygens (including phenoxy) is 1. The summed E-state index contributed by atoms with van der Waals surface area (Å²) < 4.78 is 6.12. The molecule has 0 saturated carbocycles. The van der Waals surface area contributed by atoms with E-state index in [2.05, 4.69) is 23.2 Å². The van der Waals surface area contributed by atoms with Crippen LogP contribution in [0.25, 0.3) is 10.8 Å². The second-order valence-corrected chi connectivity index (χ2v) is 6.58. The highest BCUT2D eigenvalue weighted by Gasteiger charge is 2.08. The molecule has 3 heteroatoms. The van der Waals surface area contributed by atoms with Crippen LogP contribution in [0.3, 0.4) is 0 Å². The fourth-order valence-corrected chi connectivity index (χ4v) is 3.15. The van der Waals surface area contributed by atoms with Gasteiger partial charge >= 0.3 is 0 Å². The third-order valence-electron chi connectivity index (χ3n) is 4.37. The molecule has 0 N–H and O–H groups in total. The van der Waals surface area contributed by atoms with Crippen molar-refractivity contribution in [3.05, 3.63) is 107 Å². The minimum Gasteiger partial charge on any atom is -0.488 e. The van der Waals surface area contributed by atoms with Crippen molar-refractivity contribution < 1.29 is 4.74 Å². The molecule has 0 aliphatic carbocycles. The van der Waals surface area contributed by atoms with E-state index in [4.69, 9.17) is 16.3 Å². The Morgan fingerprint density at radius 1 is 0.778 bits per heavy atom. The van der Waals surface area contributed by atoms with Gasteiger partial charge in [-0.3, -0.25) is 4.99 Å². The molecule has 0 aliphatic rings. The number of hydrogen-bond donors (Lipinski definition) is 0. The lowest BCUT2D eigenvalue weighted by molar-refractivity contribution is 0.306. The van der Waals surface area contributed by atoms with E-state index in [0.29, 0.717) is 11.6 Å². The highest BCUT2D eigenvalue weighted by Crippen LogP contribution is 2.29. The van der Waals surface area contributed by atoms with Gasteiger partial charge in [-0.25, -0.2) is 0 Å². The molecule has 0 amide bonds. The Balaban J connectivity index is 1.71. The molecule has 4 aromatic carbocycles.